The highest BCUT2D eigenvalue weighted by Crippen LogP contribution is 2.25. The van der Waals surface area contributed by atoms with E-state index in [0.717, 1.165) is 37.1 Å². The molecule has 1 atom stereocenters. The quantitative estimate of drug-likeness (QED) is 0.742. The lowest BCUT2D eigenvalue weighted by atomic mass is 10.0. The molecule has 0 radical (unpaired) electrons. The van der Waals surface area contributed by atoms with Crippen LogP contribution in [0.5, 0.6) is 0 Å². The molecule has 0 aliphatic carbocycles. The van der Waals surface area contributed by atoms with Gasteiger partial charge in [-0.15, -0.1) is 0 Å². The van der Waals surface area contributed by atoms with Crippen LogP contribution < -0.4 is 10.2 Å². The van der Waals surface area contributed by atoms with Crippen molar-refractivity contribution in [1.29, 1.82) is 0 Å². The Morgan fingerprint density at radius 1 is 1.15 bits per heavy atom. The first-order chi connectivity index (χ1) is 12.5. The molecular formula is C20H23N3O2S. The smallest absolute Gasteiger partial charge is 0.175 e. The standard InChI is InChI=1S/C20H23N3O2S/c1-26(24,25)19-4-2-3-15(12-19)11-18-14-21-9-10-23(18)17-5-6-20-16(13-17)7-8-22-20/h2-8,12-13,18,21-22H,9-11,14H2,1H3. The highest BCUT2D eigenvalue weighted by atomic mass is 32.2. The maximum absolute atomic E-state index is 11.8. The Kier molecular flexibility index (Phi) is 4.46. The van der Waals surface area contributed by atoms with Gasteiger partial charge in [-0.2, -0.15) is 0 Å². The minimum Gasteiger partial charge on any atom is -0.366 e. The summed E-state index contributed by atoms with van der Waals surface area (Å²) in [6, 6.07) is 16.2. The van der Waals surface area contributed by atoms with Crippen LogP contribution in [0, 0.1) is 0 Å². The minimum atomic E-state index is -3.18. The van der Waals surface area contributed by atoms with Crippen molar-refractivity contribution >= 4 is 26.4 Å². The second-order valence-corrected chi connectivity index (χ2v) is 8.94. The number of nitrogens with zero attached hydrogens (tertiary/aromatic N) is 1. The first-order valence-electron chi connectivity index (χ1n) is 8.84. The summed E-state index contributed by atoms with van der Waals surface area (Å²) in [7, 11) is -3.18. The third-order valence-corrected chi connectivity index (χ3v) is 6.13. The molecule has 2 heterocycles. The summed E-state index contributed by atoms with van der Waals surface area (Å²) in [4.78, 5) is 6.05. The van der Waals surface area contributed by atoms with Crippen molar-refractivity contribution in [3.05, 3.63) is 60.3 Å². The van der Waals surface area contributed by atoms with Crippen LogP contribution in [0.25, 0.3) is 10.9 Å². The van der Waals surface area contributed by atoms with Crippen molar-refractivity contribution in [2.24, 2.45) is 0 Å². The molecule has 1 fully saturated rings. The summed E-state index contributed by atoms with van der Waals surface area (Å²) in [5, 5.41) is 4.67. The number of H-pyrrole nitrogens is 1. The predicted octanol–water partition coefficient (Wildman–Crippen LogP) is 2.59. The van der Waals surface area contributed by atoms with Crippen LogP contribution in [0.3, 0.4) is 0 Å². The maximum Gasteiger partial charge on any atom is 0.175 e. The van der Waals surface area contributed by atoms with Gasteiger partial charge < -0.3 is 15.2 Å². The SMILES string of the molecule is CS(=O)(=O)c1cccc(CC2CNCCN2c2ccc3[nH]ccc3c2)c1. The number of aromatic amines is 1. The molecule has 1 aliphatic heterocycles. The first-order valence-corrected chi connectivity index (χ1v) is 10.7. The Morgan fingerprint density at radius 2 is 2.04 bits per heavy atom. The van der Waals surface area contributed by atoms with Crippen molar-refractivity contribution < 1.29 is 8.42 Å². The zero-order chi connectivity index (χ0) is 18.1. The van der Waals surface area contributed by atoms with Crippen LogP contribution in [-0.4, -0.2) is 45.3 Å². The van der Waals surface area contributed by atoms with Gasteiger partial charge in [0.15, 0.2) is 9.84 Å². The minimum absolute atomic E-state index is 0.287. The van der Waals surface area contributed by atoms with E-state index in [1.54, 1.807) is 12.1 Å². The number of hydrogen-bond donors (Lipinski definition) is 2. The summed E-state index contributed by atoms with van der Waals surface area (Å²) in [5.74, 6) is 0. The van der Waals surface area contributed by atoms with E-state index < -0.39 is 9.84 Å². The second-order valence-electron chi connectivity index (χ2n) is 6.92. The molecule has 1 aliphatic rings. The van der Waals surface area contributed by atoms with Crippen LogP contribution in [0.1, 0.15) is 5.56 Å². The molecule has 3 aromatic rings. The van der Waals surface area contributed by atoms with Crippen molar-refractivity contribution in [1.82, 2.24) is 10.3 Å². The molecule has 0 bridgehead atoms. The van der Waals surface area contributed by atoms with Gasteiger partial charge in [-0.1, -0.05) is 12.1 Å². The van der Waals surface area contributed by atoms with E-state index in [0.29, 0.717) is 4.90 Å². The van der Waals surface area contributed by atoms with Crippen LogP contribution >= 0.6 is 0 Å². The zero-order valence-corrected chi connectivity index (χ0v) is 15.6. The van der Waals surface area contributed by atoms with Gasteiger partial charge in [-0.25, -0.2) is 8.42 Å². The van der Waals surface area contributed by atoms with Crippen molar-refractivity contribution in [3.63, 3.8) is 0 Å². The molecule has 136 valence electrons. The molecule has 1 aromatic heterocycles. The largest absolute Gasteiger partial charge is 0.366 e. The second kappa shape index (κ2) is 6.78. The Bertz CT molecular complexity index is 1030. The van der Waals surface area contributed by atoms with E-state index in [1.165, 1.54) is 17.3 Å². The van der Waals surface area contributed by atoms with Crippen LogP contribution in [0.2, 0.25) is 0 Å². The summed E-state index contributed by atoms with van der Waals surface area (Å²) < 4.78 is 23.7. The fourth-order valence-electron chi connectivity index (χ4n) is 3.68. The molecule has 0 saturated carbocycles. The molecule has 26 heavy (non-hydrogen) atoms. The van der Waals surface area contributed by atoms with Gasteiger partial charge in [0.05, 0.1) is 4.90 Å². The number of sulfone groups is 1. The average molecular weight is 369 g/mol. The zero-order valence-electron chi connectivity index (χ0n) is 14.8. The van der Waals surface area contributed by atoms with E-state index in [4.69, 9.17) is 0 Å². The lowest BCUT2D eigenvalue weighted by molar-refractivity contribution is 0.473. The molecular weight excluding hydrogens is 346 g/mol. The Balaban J connectivity index is 1.61. The van der Waals surface area contributed by atoms with Crippen molar-refractivity contribution in [2.45, 2.75) is 17.4 Å². The molecule has 1 saturated heterocycles. The molecule has 5 nitrogen and oxygen atoms in total. The third-order valence-electron chi connectivity index (χ3n) is 5.02. The number of fused-ring (bicyclic) bond motifs is 1. The van der Waals surface area contributed by atoms with Crippen LogP contribution in [0.15, 0.2) is 59.6 Å². The summed E-state index contributed by atoms with van der Waals surface area (Å²) in [6.07, 6.45) is 4.02. The molecule has 1 unspecified atom stereocenters. The van der Waals surface area contributed by atoms with E-state index in [9.17, 15) is 8.42 Å². The predicted molar refractivity (Wildman–Crippen MR) is 106 cm³/mol. The number of benzene rings is 2. The third kappa shape index (κ3) is 3.48. The number of anilines is 1. The van der Waals surface area contributed by atoms with E-state index in [2.05, 4.69) is 39.5 Å². The summed E-state index contributed by atoms with van der Waals surface area (Å²) in [5.41, 5.74) is 3.40. The van der Waals surface area contributed by atoms with E-state index in [-0.39, 0.29) is 6.04 Å². The number of nitrogens with one attached hydrogen (secondary N) is 2. The first kappa shape index (κ1) is 17.1. The molecule has 4 rings (SSSR count). The molecule has 2 N–H and O–H groups in total. The normalized spacial score (nSPS) is 18.3. The Morgan fingerprint density at radius 3 is 2.88 bits per heavy atom. The van der Waals surface area contributed by atoms with Gasteiger partial charge in [0.2, 0.25) is 0 Å². The molecule has 6 heteroatoms. The van der Waals surface area contributed by atoms with Crippen molar-refractivity contribution in [2.75, 3.05) is 30.8 Å². The molecule has 0 amide bonds. The van der Waals surface area contributed by atoms with Gasteiger partial charge in [-0.3, -0.25) is 0 Å². The number of aromatic nitrogens is 1. The fourth-order valence-corrected chi connectivity index (χ4v) is 4.37. The number of rotatable bonds is 4. The van der Waals surface area contributed by atoms with Crippen LogP contribution in [-0.2, 0) is 16.3 Å². The van der Waals surface area contributed by atoms with E-state index in [1.807, 2.05) is 18.3 Å². The maximum atomic E-state index is 11.8. The average Bonchev–Trinajstić information content (AvgIpc) is 3.09. The van der Waals surface area contributed by atoms with Gasteiger partial charge in [0.25, 0.3) is 0 Å². The van der Waals surface area contributed by atoms with E-state index >= 15 is 0 Å². The highest BCUT2D eigenvalue weighted by molar-refractivity contribution is 7.90. The topological polar surface area (TPSA) is 65.2 Å². The van der Waals surface area contributed by atoms with Crippen molar-refractivity contribution in [3.8, 4) is 0 Å². The van der Waals surface area contributed by atoms with Gasteiger partial charge in [-0.05, 0) is 48.4 Å². The van der Waals surface area contributed by atoms with Gasteiger partial charge in [0, 0.05) is 54.7 Å². The monoisotopic (exact) mass is 369 g/mol. The summed E-state index contributed by atoms with van der Waals surface area (Å²) in [6.45, 7) is 2.77. The van der Waals surface area contributed by atoms with Gasteiger partial charge in [0.1, 0.15) is 0 Å². The summed E-state index contributed by atoms with van der Waals surface area (Å²) >= 11 is 0. The lowest BCUT2D eigenvalue weighted by Crippen LogP contribution is -2.52. The van der Waals surface area contributed by atoms with Gasteiger partial charge >= 0.3 is 0 Å². The Hall–Kier alpha value is -2.31. The highest BCUT2D eigenvalue weighted by Gasteiger charge is 2.23. The molecule has 0 spiro atoms. The van der Waals surface area contributed by atoms with Crippen LogP contribution in [0.4, 0.5) is 5.69 Å². The lowest BCUT2D eigenvalue weighted by Gasteiger charge is -2.38. The molecule has 2 aromatic carbocycles. The Labute approximate surface area is 153 Å². The number of piperazine rings is 1. The number of hydrogen-bond acceptors (Lipinski definition) is 4. The fraction of sp³-hybridized carbons (Fsp3) is 0.300.